The molecule has 2 fully saturated rings. The SMILES string of the molecule is COc1cc(C(=O)N2C[C@H](N)C[C@@H](F)C2)cc2nc(-c3cc4ccc(-c5cnc6c(c5)CC(=O)N6)nc4n3CC3CC3)n(C)c12. The van der Waals surface area contributed by atoms with Crippen LogP contribution in [0.15, 0.2) is 42.6 Å². The maximum absolute atomic E-state index is 14.3. The standard InChI is InChI=1S/C33H33FN8O3/c1-40-29-25(8-20(10-27(29)45-2)33(44)41-15-22(34)12-23(35)16-41)38-32(40)26-9-18-5-6-24(37-31(18)42(26)14-17-3-4-17)21-7-19-11-28(43)39-30(19)36-13-21/h5-10,13,17,22-23H,3-4,11-12,14-16,35H2,1-2H3,(H,36,39,43)/t22-,23-/m1/s1. The van der Waals surface area contributed by atoms with Crippen LogP contribution in [-0.4, -0.2) is 73.2 Å². The molecule has 11 nitrogen and oxygen atoms in total. The number of aryl methyl sites for hydroxylation is 1. The van der Waals surface area contributed by atoms with Gasteiger partial charge in [0, 0.05) is 54.5 Å². The minimum atomic E-state index is -1.15. The van der Waals surface area contributed by atoms with E-state index in [1.807, 2.05) is 23.7 Å². The van der Waals surface area contributed by atoms with Gasteiger partial charge in [-0.25, -0.2) is 19.3 Å². The van der Waals surface area contributed by atoms with Gasteiger partial charge in [0.15, 0.2) is 5.82 Å². The number of pyridine rings is 2. The number of nitrogens with one attached hydrogen (secondary N) is 1. The van der Waals surface area contributed by atoms with Crippen LogP contribution in [0.25, 0.3) is 44.8 Å². The number of imidazole rings is 1. The van der Waals surface area contributed by atoms with Gasteiger partial charge in [-0.2, -0.15) is 0 Å². The number of anilines is 1. The van der Waals surface area contributed by atoms with Gasteiger partial charge in [-0.3, -0.25) is 9.59 Å². The molecule has 1 saturated heterocycles. The van der Waals surface area contributed by atoms with Crippen LogP contribution >= 0.6 is 0 Å². The molecule has 2 amide bonds. The maximum atomic E-state index is 14.3. The van der Waals surface area contributed by atoms with Crippen molar-refractivity contribution in [2.24, 2.45) is 18.7 Å². The van der Waals surface area contributed by atoms with Crippen molar-refractivity contribution in [1.82, 2.24) is 29.0 Å². The van der Waals surface area contributed by atoms with Gasteiger partial charge in [0.25, 0.3) is 5.91 Å². The van der Waals surface area contributed by atoms with Gasteiger partial charge in [0.05, 0.1) is 37.0 Å². The van der Waals surface area contributed by atoms with Crippen LogP contribution in [0.4, 0.5) is 10.2 Å². The number of carbonyl (C=O) groups excluding carboxylic acids is 2. The van der Waals surface area contributed by atoms with Crippen LogP contribution in [-0.2, 0) is 24.8 Å². The molecule has 1 aliphatic carbocycles. The van der Waals surface area contributed by atoms with Crippen molar-refractivity contribution in [3.63, 3.8) is 0 Å². The van der Waals surface area contributed by atoms with Crippen molar-refractivity contribution in [3.05, 3.63) is 53.7 Å². The third kappa shape index (κ3) is 4.80. The van der Waals surface area contributed by atoms with E-state index < -0.39 is 12.2 Å². The number of aromatic nitrogens is 5. The van der Waals surface area contributed by atoms with Crippen LogP contribution in [0.3, 0.4) is 0 Å². The Morgan fingerprint density at radius 3 is 2.78 bits per heavy atom. The summed E-state index contributed by atoms with van der Waals surface area (Å²) in [7, 11) is 3.51. The molecule has 12 heteroatoms. The number of amides is 2. The number of likely N-dealkylation sites (tertiary alicyclic amines) is 1. The lowest BCUT2D eigenvalue weighted by molar-refractivity contribution is -0.115. The van der Waals surface area contributed by atoms with Crippen molar-refractivity contribution >= 4 is 39.7 Å². The van der Waals surface area contributed by atoms with Crippen LogP contribution in [0.5, 0.6) is 5.75 Å². The Labute approximate surface area is 258 Å². The minimum Gasteiger partial charge on any atom is -0.494 e. The first-order chi connectivity index (χ1) is 21.7. The Hall–Kier alpha value is -4.84. The number of fused-ring (bicyclic) bond motifs is 3. The van der Waals surface area contributed by atoms with E-state index >= 15 is 0 Å². The van der Waals surface area contributed by atoms with Crippen molar-refractivity contribution < 1.29 is 18.7 Å². The van der Waals surface area contributed by atoms with E-state index in [1.54, 1.807) is 25.4 Å². The van der Waals surface area contributed by atoms with E-state index in [2.05, 4.69) is 27.0 Å². The predicted molar refractivity (Wildman–Crippen MR) is 168 cm³/mol. The zero-order chi connectivity index (χ0) is 31.0. The molecular formula is C33H33FN8O3. The van der Waals surface area contributed by atoms with Crippen molar-refractivity contribution in [3.8, 4) is 28.5 Å². The van der Waals surface area contributed by atoms with Gasteiger partial charge in [-0.15, -0.1) is 0 Å². The monoisotopic (exact) mass is 608 g/mol. The molecule has 2 aliphatic heterocycles. The average molecular weight is 609 g/mol. The molecule has 0 unspecified atom stereocenters. The Kier molecular flexibility index (Phi) is 6.38. The fourth-order valence-corrected chi connectivity index (χ4v) is 6.71. The number of halogens is 1. The normalized spacial score (nSPS) is 19.7. The average Bonchev–Trinajstić information content (AvgIpc) is 3.53. The summed E-state index contributed by atoms with van der Waals surface area (Å²) in [5, 5.41) is 3.77. The van der Waals surface area contributed by atoms with Gasteiger partial charge in [-0.1, -0.05) is 0 Å². The predicted octanol–water partition coefficient (Wildman–Crippen LogP) is 4.08. The van der Waals surface area contributed by atoms with Crippen LogP contribution in [0, 0.1) is 5.92 Å². The Morgan fingerprint density at radius 1 is 1.16 bits per heavy atom. The van der Waals surface area contributed by atoms with Crippen LogP contribution < -0.4 is 15.8 Å². The van der Waals surface area contributed by atoms with E-state index in [-0.39, 0.29) is 24.8 Å². The quantitative estimate of drug-likeness (QED) is 0.297. The zero-order valence-electron chi connectivity index (χ0n) is 25.1. The van der Waals surface area contributed by atoms with Crippen LogP contribution in [0.1, 0.15) is 35.2 Å². The fourth-order valence-electron chi connectivity index (χ4n) is 6.71. The highest BCUT2D eigenvalue weighted by molar-refractivity contribution is 6.00. The first kappa shape index (κ1) is 27.7. The molecule has 0 bridgehead atoms. The molecule has 8 rings (SSSR count). The zero-order valence-corrected chi connectivity index (χ0v) is 25.1. The number of piperidine rings is 1. The highest BCUT2D eigenvalue weighted by Crippen LogP contribution is 2.38. The third-order valence-electron chi connectivity index (χ3n) is 9.10. The number of hydrogen-bond donors (Lipinski definition) is 2. The third-order valence-corrected chi connectivity index (χ3v) is 9.10. The number of nitrogens with zero attached hydrogens (tertiary/aromatic N) is 6. The van der Waals surface area contributed by atoms with Gasteiger partial charge >= 0.3 is 0 Å². The van der Waals surface area contributed by atoms with Crippen molar-refractivity contribution in [1.29, 1.82) is 0 Å². The number of nitrogens with two attached hydrogens (primary N) is 1. The second kappa shape index (κ2) is 10.4. The first-order valence-corrected chi connectivity index (χ1v) is 15.3. The van der Waals surface area contributed by atoms with Gasteiger partial charge in [0.2, 0.25) is 5.91 Å². The molecule has 0 spiro atoms. The second-order valence-electron chi connectivity index (χ2n) is 12.5. The lowest BCUT2D eigenvalue weighted by Crippen LogP contribution is -2.50. The van der Waals surface area contributed by atoms with E-state index in [1.165, 1.54) is 4.90 Å². The highest BCUT2D eigenvalue weighted by Gasteiger charge is 2.31. The first-order valence-electron chi connectivity index (χ1n) is 15.3. The topological polar surface area (TPSA) is 133 Å². The molecule has 0 radical (unpaired) electrons. The summed E-state index contributed by atoms with van der Waals surface area (Å²) in [6.07, 6.45) is 3.49. The summed E-state index contributed by atoms with van der Waals surface area (Å²) in [6, 6.07) is 11.2. The number of carbonyl (C=O) groups is 2. The number of benzene rings is 1. The van der Waals surface area contributed by atoms with E-state index in [0.717, 1.165) is 64.3 Å². The van der Waals surface area contributed by atoms with Crippen molar-refractivity contribution in [2.45, 2.75) is 44.4 Å². The number of alkyl halides is 1. The molecule has 6 heterocycles. The highest BCUT2D eigenvalue weighted by atomic mass is 19.1. The Morgan fingerprint density at radius 2 is 2.00 bits per heavy atom. The number of rotatable bonds is 6. The summed E-state index contributed by atoms with van der Waals surface area (Å²) in [5.74, 6) is 2.06. The molecule has 4 aromatic heterocycles. The molecule has 5 aromatic rings. The summed E-state index contributed by atoms with van der Waals surface area (Å²) in [6.45, 7) is 1.13. The minimum absolute atomic E-state index is 0.0210. The van der Waals surface area contributed by atoms with E-state index in [9.17, 15) is 14.0 Å². The summed E-state index contributed by atoms with van der Waals surface area (Å²) < 4.78 is 24.3. The lowest BCUT2D eigenvalue weighted by atomic mass is 10.0. The molecule has 45 heavy (non-hydrogen) atoms. The van der Waals surface area contributed by atoms with Gasteiger partial charge in [-0.05, 0) is 61.6 Å². The van der Waals surface area contributed by atoms with E-state index in [0.29, 0.717) is 41.5 Å². The number of methoxy groups -OCH3 is 1. The summed E-state index contributed by atoms with van der Waals surface area (Å²) >= 11 is 0. The molecule has 1 saturated carbocycles. The number of ether oxygens (including phenoxy) is 1. The van der Waals surface area contributed by atoms with E-state index in [4.69, 9.17) is 20.4 Å². The smallest absolute Gasteiger partial charge is 0.254 e. The Balaban J connectivity index is 1.22. The Bertz CT molecular complexity index is 2020. The molecular weight excluding hydrogens is 575 g/mol. The largest absolute Gasteiger partial charge is 0.494 e. The van der Waals surface area contributed by atoms with Crippen LogP contribution in [0.2, 0.25) is 0 Å². The molecule has 230 valence electrons. The van der Waals surface area contributed by atoms with Gasteiger partial charge in [0.1, 0.15) is 28.9 Å². The van der Waals surface area contributed by atoms with Crippen molar-refractivity contribution in [2.75, 3.05) is 25.5 Å². The molecule has 1 aromatic carbocycles. The summed E-state index contributed by atoms with van der Waals surface area (Å²) in [5.41, 5.74) is 12.0. The number of hydrogen-bond acceptors (Lipinski definition) is 7. The lowest BCUT2D eigenvalue weighted by Gasteiger charge is -2.33. The fraction of sp³-hybridized carbons (Fsp3) is 0.364. The van der Waals surface area contributed by atoms with Gasteiger partial charge < -0.3 is 29.8 Å². The molecule has 2 atom stereocenters. The molecule has 3 aliphatic rings. The summed E-state index contributed by atoms with van der Waals surface area (Å²) in [4.78, 5) is 41.4. The molecule has 3 N–H and O–H groups in total. The second-order valence-corrected chi connectivity index (χ2v) is 12.5. The maximum Gasteiger partial charge on any atom is 0.254 e.